The summed E-state index contributed by atoms with van der Waals surface area (Å²) >= 11 is 0. The first-order valence-electron chi connectivity index (χ1n) is 8.44. The molecule has 0 aliphatic carbocycles. The molecule has 1 atom stereocenters. The van der Waals surface area contributed by atoms with Crippen molar-refractivity contribution in [3.05, 3.63) is 53.2 Å². The average molecular weight is 349 g/mol. The molecule has 2 amide bonds. The van der Waals surface area contributed by atoms with Crippen molar-refractivity contribution in [2.45, 2.75) is 26.9 Å². The molecule has 0 spiro atoms. The van der Waals surface area contributed by atoms with Gasteiger partial charge in [0.15, 0.2) is 6.10 Å². The second-order valence-electron chi connectivity index (χ2n) is 6.55. The number of benzene rings is 2. The van der Waals surface area contributed by atoms with Gasteiger partial charge in [-0.15, -0.1) is 0 Å². The molecule has 3 N–H and O–H groups in total. The van der Waals surface area contributed by atoms with Crippen molar-refractivity contribution in [2.75, 3.05) is 10.6 Å². The van der Waals surface area contributed by atoms with Crippen LogP contribution in [0.4, 0.5) is 11.4 Å². The maximum absolute atomic E-state index is 12.6. The van der Waals surface area contributed by atoms with Crippen LogP contribution >= 0.6 is 0 Å². The number of aromatic amines is 1. The highest BCUT2D eigenvalue weighted by molar-refractivity contribution is 6.07. The van der Waals surface area contributed by atoms with Crippen LogP contribution in [-0.4, -0.2) is 22.9 Å². The Morgan fingerprint density at radius 3 is 2.77 bits per heavy atom. The summed E-state index contributed by atoms with van der Waals surface area (Å²) in [5.74, 6) is 0.182. The number of amides is 2. The first-order chi connectivity index (χ1) is 12.4. The minimum Gasteiger partial charge on any atom is -0.479 e. The SMILES string of the molecule is Cc1[nH]c2ccc(C(=O)Nc3ccc4c(c3)NC(=O)[C@H](C)O4)cc2c1C. The molecule has 0 fully saturated rings. The van der Waals surface area contributed by atoms with Crippen LogP contribution in [0.3, 0.4) is 0 Å². The van der Waals surface area contributed by atoms with E-state index in [4.69, 9.17) is 4.74 Å². The summed E-state index contributed by atoms with van der Waals surface area (Å²) in [5.41, 5.74) is 4.97. The summed E-state index contributed by atoms with van der Waals surface area (Å²) in [6.45, 7) is 5.73. The van der Waals surface area contributed by atoms with Crippen molar-refractivity contribution in [2.24, 2.45) is 0 Å². The minimum atomic E-state index is -0.525. The maximum Gasteiger partial charge on any atom is 0.265 e. The van der Waals surface area contributed by atoms with E-state index < -0.39 is 6.10 Å². The fraction of sp³-hybridized carbons (Fsp3) is 0.200. The van der Waals surface area contributed by atoms with Gasteiger partial charge in [-0.1, -0.05) is 0 Å². The molecule has 3 aromatic rings. The molecule has 0 unspecified atom stereocenters. The van der Waals surface area contributed by atoms with E-state index in [2.05, 4.69) is 15.6 Å². The van der Waals surface area contributed by atoms with Crippen molar-refractivity contribution < 1.29 is 14.3 Å². The van der Waals surface area contributed by atoms with Gasteiger partial charge < -0.3 is 20.4 Å². The first-order valence-corrected chi connectivity index (χ1v) is 8.44. The number of carbonyl (C=O) groups excluding carboxylic acids is 2. The normalized spacial score (nSPS) is 16.0. The van der Waals surface area contributed by atoms with Crippen molar-refractivity contribution in [1.29, 1.82) is 0 Å². The van der Waals surface area contributed by atoms with Gasteiger partial charge in [0.25, 0.3) is 11.8 Å². The highest BCUT2D eigenvalue weighted by Crippen LogP contribution is 2.32. The van der Waals surface area contributed by atoms with E-state index in [9.17, 15) is 9.59 Å². The van der Waals surface area contributed by atoms with Gasteiger partial charge in [0, 0.05) is 27.8 Å². The quantitative estimate of drug-likeness (QED) is 0.659. The molecule has 6 nitrogen and oxygen atoms in total. The summed E-state index contributed by atoms with van der Waals surface area (Å²) in [6.07, 6.45) is -0.525. The Labute approximate surface area is 150 Å². The second kappa shape index (κ2) is 5.91. The average Bonchev–Trinajstić information content (AvgIpc) is 2.90. The monoisotopic (exact) mass is 349 g/mol. The molecule has 2 heterocycles. The van der Waals surface area contributed by atoms with Gasteiger partial charge in [-0.2, -0.15) is 0 Å². The molecule has 0 saturated heterocycles. The number of carbonyl (C=O) groups is 2. The number of anilines is 2. The predicted molar refractivity (Wildman–Crippen MR) is 101 cm³/mol. The Morgan fingerprint density at radius 1 is 1.15 bits per heavy atom. The third-order valence-corrected chi connectivity index (χ3v) is 4.74. The van der Waals surface area contributed by atoms with Crippen LogP contribution < -0.4 is 15.4 Å². The predicted octanol–water partition coefficient (Wildman–Crippen LogP) is 3.76. The lowest BCUT2D eigenvalue weighted by Gasteiger charge is -2.23. The molecule has 4 rings (SSSR count). The number of hydrogen-bond acceptors (Lipinski definition) is 3. The van der Waals surface area contributed by atoms with Crippen molar-refractivity contribution >= 4 is 34.1 Å². The van der Waals surface area contributed by atoms with Gasteiger partial charge in [-0.25, -0.2) is 0 Å². The number of fused-ring (bicyclic) bond motifs is 2. The van der Waals surface area contributed by atoms with E-state index in [1.165, 1.54) is 0 Å². The Balaban J connectivity index is 1.59. The topological polar surface area (TPSA) is 83.2 Å². The Hall–Kier alpha value is -3.28. The van der Waals surface area contributed by atoms with Crippen LogP contribution in [0.1, 0.15) is 28.5 Å². The van der Waals surface area contributed by atoms with Crippen LogP contribution in [0.15, 0.2) is 36.4 Å². The third-order valence-electron chi connectivity index (χ3n) is 4.74. The van der Waals surface area contributed by atoms with E-state index in [0.717, 1.165) is 22.2 Å². The van der Waals surface area contributed by atoms with Gasteiger partial charge in [0.1, 0.15) is 5.75 Å². The number of aromatic nitrogens is 1. The molecule has 1 aromatic heterocycles. The lowest BCUT2D eigenvalue weighted by Crippen LogP contribution is -2.34. The highest BCUT2D eigenvalue weighted by Gasteiger charge is 2.23. The highest BCUT2D eigenvalue weighted by atomic mass is 16.5. The molecule has 1 aliphatic rings. The van der Waals surface area contributed by atoms with E-state index in [1.807, 2.05) is 26.0 Å². The van der Waals surface area contributed by atoms with Crippen molar-refractivity contribution in [3.8, 4) is 5.75 Å². The Bertz CT molecular complexity index is 1050. The van der Waals surface area contributed by atoms with Crippen LogP contribution in [0, 0.1) is 13.8 Å². The summed E-state index contributed by atoms with van der Waals surface area (Å²) in [4.78, 5) is 27.7. The summed E-state index contributed by atoms with van der Waals surface area (Å²) in [7, 11) is 0. The van der Waals surface area contributed by atoms with Crippen LogP contribution in [0.25, 0.3) is 10.9 Å². The zero-order chi connectivity index (χ0) is 18.4. The Morgan fingerprint density at radius 2 is 1.96 bits per heavy atom. The number of aryl methyl sites for hydroxylation is 2. The molecular formula is C20H19N3O3. The third kappa shape index (κ3) is 2.69. The van der Waals surface area contributed by atoms with Crippen LogP contribution in [0.5, 0.6) is 5.75 Å². The largest absolute Gasteiger partial charge is 0.479 e. The Kier molecular flexibility index (Phi) is 3.68. The van der Waals surface area contributed by atoms with E-state index >= 15 is 0 Å². The second-order valence-corrected chi connectivity index (χ2v) is 6.55. The molecular weight excluding hydrogens is 330 g/mol. The molecule has 1 aliphatic heterocycles. The fourth-order valence-corrected chi connectivity index (χ4v) is 3.09. The lowest BCUT2D eigenvalue weighted by atomic mass is 10.1. The lowest BCUT2D eigenvalue weighted by molar-refractivity contribution is -0.122. The molecule has 26 heavy (non-hydrogen) atoms. The van der Waals surface area contributed by atoms with Crippen molar-refractivity contribution in [1.82, 2.24) is 4.98 Å². The number of H-pyrrole nitrogens is 1. The van der Waals surface area contributed by atoms with Gasteiger partial charge in [-0.3, -0.25) is 9.59 Å². The van der Waals surface area contributed by atoms with Crippen LogP contribution in [0.2, 0.25) is 0 Å². The van der Waals surface area contributed by atoms with E-state index in [0.29, 0.717) is 22.7 Å². The molecule has 0 radical (unpaired) electrons. The van der Waals surface area contributed by atoms with Crippen LogP contribution in [-0.2, 0) is 4.79 Å². The molecule has 0 saturated carbocycles. The minimum absolute atomic E-state index is 0.204. The first kappa shape index (κ1) is 16.2. The number of hydrogen-bond donors (Lipinski definition) is 3. The number of ether oxygens (including phenoxy) is 1. The molecule has 132 valence electrons. The molecule has 0 bridgehead atoms. The van der Waals surface area contributed by atoms with E-state index in [-0.39, 0.29) is 11.8 Å². The summed E-state index contributed by atoms with van der Waals surface area (Å²) in [6, 6.07) is 10.8. The van der Waals surface area contributed by atoms with Gasteiger partial charge >= 0.3 is 0 Å². The molecule has 6 heteroatoms. The zero-order valence-electron chi connectivity index (χ0n) is 14.8. The van der Waals surface area contributed by atoms with Gasteiger partial charge in [0.2, 0.25) is 0 Å². The smallest absolute Gasteiger partial charge is 0.265 e. The molecule has 2 aromatic carbocycles. The van der Waals surface area contributed by atoms with Gasteiger partial charge in [0.05, 0.1) is 5.69 Å². The van der Waals surface area contributed by atoms with E-state index in [1.54, 1.807) is 31.2 Å². The summed E-state index contributed by atoms with van der Waals surface area (Å²) < 4.78 is 5.52. The van der Waals surface area contributed by atoms with Crippen molar-refractivity contribution in [3.63, 3.8) is 0 Å². The fourth-order valence-electron chi connectivity index (χ4n) is 3.09. The maximum atomic E-state index is 12.6. The van der Waals surface area contributed by atoms with Gasteiger partial charge in [-0.05, 0) is 62.7 Å². The number of rotatable bonds is 2. The standard InChI is InChI=1S/C20H19N3O3/c1-10-11(2)21-16-6-4-13(8-15(10)16)20(25)22-14-5-7-18-17(9-14)23-19(24)12(3)26-18/h4-9,12,21H,1-3H3,(H,22,25)(H,23,24)/t12-/m0/s1. The zero-order valence-corrected chi connectivity index (χ0v) is 14.8. The summed E-state index contributed by atoms with van der Waals surface area (Å²) in [5, 5.41) is 6.68. The number of nitrogens with one attached hydrogen (secondary N) is 3.